The van der Waals surface area contributed by atoms with Gasteiger partial charge in [0.2, 0.25) is 0 Å². The second kappa shape index (κ2) is 5.86. The Labute approximate surface area is 145 Å². The fraction of sp³-hybridized carbons (Fsp3) is 0.0556. The highest BCUT2D eigenvalue weighted by atomic mass is 32.2. The minimum atomic E-state index is -0.442. The van der Waals surface area contributed by atoms with Gasteiger partial charge >= 0.3 is 0 Å². The topological polar surface area (TPSA) is 72.2 Å². The Balaban J connectivity index is 1.81. The van der Waals surface area contributed by atoms with Crippen molar-refractivity contribution >= 4 is 40.0 Å². The predicted molar refractivity (Wildman–Crippen MR) is 93.2 cm³/mol. The Bertz CT molecular complexity index is 1070. The van der Waals surface area contributed by atoms with Crippen LogP contribution in [-0.2, 0) is 4.79 Å². The molecule has 1 fully saturated rings. The van der Waals surface area contributed by atoms with Crippen molar-refractivity contribution in [3.8, 4) is 11.1 Å². The van der Waals surface area contributed by atoms with Crippen molar-refractivity contribution in [1.82, 2.24) is 10.3 Å². The molecule has 2 aromatic heterocycles. The first-order valence-electron chi connectivity index (χ1n) is 7.40. The van der Waals surface area contributed by atoms with Crippen LogP contribution in [0.15, 0.2) is 46.0 Å². The molecule has 124 valence electrons. The van der Waals surface area contributed by atoms with Crippen LogP contribution in [-0.4, -0.2) is 16.1 Å². The monoisotopic (exact) mass is 354 g/mol. The van der Waals surface area contributed by atoms with Crippen LogP contribution in [0.25, 0.3) is 28.2 Å². The van der Waals surface area contributed by atoms with Gasteiger partial charge in [-0.05, 0) is 48.0 Å². The fourth-order valence-corrected chi connectivity index (χ4v) is 3.28. The highest BCUT2D eigenvalue weighted by Crippen LogP contribution is 2.33. The molecule has 0 atom stereocenters. The minimum Gasteiger partial charge on any atom is -0.456 e. The van der Waals surface area contributed by atoms with Gasteiger partial charge in [0.15, 0.2) is 0 Å². The van der Waals surface area contributed by atoms with Gasteiger partial charge in [0, 0.05) is 29.4 Å². The number of aromatic nitrogens is 1. The minimum absolute atomic E-state index is 0.274. The summed E-state index contributed by atoms with van der Waals surface area (Å²) in [7, 11) is 0. The van der Waals surface area contributed by atoms with Crippen molar-refractivity contribution in [3.63, 3.8) is 0 Å². The maximum atomic E-state index is 13.5. The molecule has 0 aliphatic carbocycles. The number of rotatable bonds is 2. The molecular weight excluding hydrogens is 343 g/mol. The number of carbonyl (C=O) groups is 2. The van der Waals surface area contributed by atoms with E-state index in [1.807, 2.05) is 0 Å². The number of imide groups is 1. The number of thioether (sulfide) groups is 1. The molecule has 0 bridgehead atoms. The number of carbonyl (C=O) groups excluding carboxylic acids is 2. The first-order chi connectivity index (χ1) is 12.0. The largest absolute Gasteiger partial charge is 0.456 e. The van der Waals surface area contributed by atoms with E-state index in [0.717, 1.165) is 28.3 Å². The predicted octanol–water partition coefficient (Wildman–Crippen LogP) is 4.27. The van der Waals surface area contributed by atoms with Gasteiger partial charge in [0.1, 0.15) is 17.2 Å². The highest BCUT2D eigenvalue weighted by molar-refractivity contribution is 8.18. The summed E-state index contributed by atoms with van der Waals surface area (Å²) >= 11 is 0.827. The average Bonchev–Trinajstić information content (AvgIpc) is 3.12. The molecule has 1 aliphatic rings. The summed E-state index contributed by atoms with van der Waals surface area (Å²) in [6.45, 7) is 1.69. The lowest BCUT2D eigenvalue weighted by Gasteiger charge is -2.04. The summed E-state index contributed by atoms with van der Waals surface area (Å²) < 4.78 is 19.4. The molecule has 3 heterocycles. The molecule has 1 aromatic carbocycles. The third-order valence-corrected chi connectivity index (χ3v) is 4.64. The molecule has 1 N–H and O–H groups in total. The summed E-state index contributed by atoms with van der Waals surface area (Å²) in [6.07, 6.45) is 4.81. The van der Waals surface area contributed by atoms with Crippen LogP contribution < -0.4 is 5.32 Å². The van der Waals surface area contributed by atoms with E-state index in [9.17, 15) is 14.0 Å². The van der Waals surface area contributed by atoms with Crippen LogP contribution >= 0.6 is 11.8 Å². The number of fused-ring (bicyclic) bond motifs is 1. The molecule has 0 spiro atoms. The molecule has 3 aromatic rings. The molecule has 5 nitrogen and oxygen atoms in total. The van der Waals surface area contributed by atoms with Gasteiger partial charge in [-0.3, -0.25) is 19.9 Å². The molecule has 0 saturated carbocycles. The van der Waals surface area contributed by atoms with E-state index in [-0.39, 0.29) is 10.7 Å². The molecule has 0 radical (unpaired) electrons. The summed E-state index contributed by atoms with van der Waals surface area (Å²) in [4.78, 5) is 27.4. The molecule has 1 aliphatic heterocycles. The van der Waals surface area contributed by atoms with Crippen LogP contribution in [0, 0.1) is 12.7 Å². The third kappa shape index (κ3) is 2.83. The lowest BCUT2D eigenvalue weighted by atomic mass is 10.0. The number of pyridine rings is 1. The Morgan fingerprint density at radius 1 is 1.24 bits per heavy atom. The SMILES string of the molecule is Cc1cc(-c2cncc3cc(/C=C4/SC(=O)NC4=O)oc23)ccc1F. The average molecular weight is 354 g/mol. The van der Waals surface area contributed by atoms with Gasteiger partial charge in [0.25, 0.3) is 11.1 Å². The van der Waals surface area contributed by atoms with Gasteiger partial charge in [-0.25, -0.2) is 4.39 Å². The Hall–Kier alpha value is -2.93. The van der Waals surface area contributed by atoms with Gasteiger partial charge in [-0.15, -0.1) is 0 Å². The van der Waals surface area contributed by atoms with Gasteiger partial charge in [0.05, 0.1) is 4.91 Å². The first-order valence-corrected chi connectivity index (χ1v) is 8.22. The van der Waals surface area contributed by atoms with Crippen molar-refractivity contribution in [2.24, 2.45) is 0 Å². The highest BCUT2D eigenvalue weighted by Gasteiger charge is 2.25. The lowest BCUT2D eigenvalue weighted by Crippen LogP contribution is -2.17. The summed E-state index contributed by atoms with van der Waals surface area (Å²) in [5, 5.41) is 2.54. The molecule has 0 unspecified atom stereocenters. The summed E-state index contributed by atoms with van der Waals surface area (Å²) in [5.41, 5.74) is 2.63. The standard InChI is InChI=1S/C18H11FN2O3S/c1-9-4-10(2-3-14(9)19)13-8-20-7-11-5-12(24-16(11)13)6-15-17(22)21-18(23)25-15/h2-8H,1H3,(H,21,22,23)/b15-6+. The number of nitrogens with zero attached hydrogens (tertiary/aromatic N) is 1. The van der Waals surface area contributed by atoms with Crippen molar-refractivity contribution in [1.29, 1.82) is 0 Å². The molecule has 1 saturated heterocycles. The number of amides is 2. The molecular formula is C18H11FN2O3S. The van der Waals surface area contributed by atoms with E-state index in [4.69, 9.17) is 4.42 Å². The Morgan fingerprint density at radius 3 is 2.80 bits per heavy atom. The van der Waals surface area contributed by atoms with E-state index in [0.29, 0.717) is 16.9 Å². The van der Waals surface area contributed by atoms with Gasteiger partial charge in [-0.1, -0.05) is 6.07 Å². The van der Waals surface area contributed by atoms with E-state index in [1.54, 1.807) is 37.5 Å². The van der Waals surface area contributed by atoms with Crippen LogP contribution in [0.4, 0.5) is 9.18 Å². The quantitative estimate of drug-likeness (QED) is 0.696. The van der Waals surface area contributed by atoms with Crippen LogP contribution in [0.2, 0.25) is 0 Å². The van der Waals surface area contributed by atoms with Crippen molar-refractivity contribution < 1.29 is 18.4 Å². The maximum absolute atomic E-state index is 13.5. The normalized spacial score (nSPS) is 16.0. The zero-order valence-corrected chi connectivity index (χ0v) is 13.8. The maximum Gasteiger partial charge on any atom is 0.290 e. The van der Waals surface area contributed by atoms with E-state index < -0.39 is 11.1 Å². The Kier molecular flexibility index (Phi) is 3.65. The number of nitrogens with one attached hydrogen (secondary N) is 1. The van der Waals surface area contributed by atoms with E-state index in [1.165, 1.54) is 12.1 Å². The summed E-state index contributed by atoms with van der Waals surface area (Å²) in [6, 6.07) is 6.54. The number of halogens is 1. The molecule has 2 amide bonds. The molecule has 25 heavy (non-hydrogen) atoms. The van der Waals surface area contributed by atoms with Crippen molar-refractivity contribution in [3.05, 3.63) is 58.7 Å². The van der Waals surface area contributed by atoms with Crippen LogP contribution in [0.3, 0.4) is 0 Å². The zero-order valence-electron chi connectivity index (χ0n) is 13.0. The number of hydrogen-bond donors (Lipinski definition) is 1. The second-order valence-corrected chi connectivity index (χ2v) is 6.59. The molecule has 7 heteroatoms. The smallest absolute Gasteiger partial charge is 0.290 e. The summed E-state index contributed by atoms with van der Waals surface area (Å²) in [5.74, 6) is -0.277. The zero-order chi connectivity index (χ0) is 17.6. The number of furan rings is 1. The first kappa shape index (κ1) is 15.6. The Morgan fingerprint density at radius 2 is 2.08 bits per heavy atom. The second-order valence-electron chi connectivity index (χ2n) is 5.57. The van der Waals surface area contributed by atoms with Crippen LogP contribution in [0.5, 0.6) is 0 Å². The van der Waals surface area contributed by atoms with E-state index >= 15 is 0 Å². The van der Waals surface area contributed by atoms with Gasteiger partial charge in [-0.2, -0.15) is 0 Å². The van der Waals surface area contributed by atoms with Crippen molar-refractivity contribution in [2.75, 3.05) is 0 Å². The lowest BCUT2D eigenvalue weighted by molar-refractivity contribution is -0.115. The van der Waals surface area contributed by atoms with E-state index in [2.05, 4.69) is 10.3 Å². The fourth-order valence-electron chi connectivity index (χ4n) is 2.62. The van der Waals surface area contributed by atoms with Gasteiger partial charge < -0.3 is 4.42 Å². The molecule has 4 rings (SSSR count). The van der Waals surface area contributed by atoms with Crippen LogP contribution in [0.1, 0.15) is 11.3 Å². The van der Waals surface area contributed by atoms with Crippen molar-refractivity contribution in [2.45, 2.75) is 6.92 Å². The third-order valence-electron chi connectivity index (χ3n) is 3.83. The number of benzene rings is 1. The number of hydrogen-bond acceptors (Lipinski definition) is 5. The number of aryl methyl sites for hydroxylation is 1.